The van der Waals surface area contributed by atoms with Crippen LogP contribution in [0.1, 0.15) is 51.9 Å². The monoisotopic (exact) mass is 280 g/mol. The highest BCUT2D eigenvalue weighted by molar-refractivity contribution is 5.83. The van der Waals surface area contributed by atoms with Crippen molar-refractivity contribution in [3.63, 3.8) is 0 Å². The minimum Gasteiger partial charge on any atom is -0.394 e. The highest BCUT2D eigenvalue weighted by Gasteiger charge is 2.45. The second kappa shape index (κ2) is 5.64. The minimum absolute atomic E-state index is 0.0249. The van der Waals surface area contributed by atoms with Gasteiger partial charge in [-0.05, 0) is 50.0 Å². The van der Waals surface area contributed by atoms with Gasteiger partial charge in [0.2, 0.25) is 5.91 Å². The molecule has 3 rings (SSSR count). The average Bonchev–Trinajstić information content (AvgIpc) is 3.00. The first-order valence-corrected chi connectivity index (χ1v) is 8.30. The SMILES string of the molecule is CC1CCCC(CO)(NC(=O)C2NCC3CCCC32)C1. The molecular weight excluding hydrogens is 252 g/mol. The van der Waals surface area contributed by atoms with Gasteiger partial charge in [0.15, 0.2) is 0 Å². The number of fused-ring (bicyclic) bond motifs is 1. The molecule has 1 heterocycles. The van der Waals surface area contributed by atoms with E-state index in [1.54, 1.807) is 0 Å². The Morgan fingerprint density at radius 3 is 2.95 bits per heavy atom. The maximum atomic E-state index is 12.6. The van der Waals surface area contributed by atoms with E-state index in [1.165, 1.54) is 25.7 Å². The number of rotatable bonds is 3. The van der Waals surface area contributed by atoms with Crippen LogP contribution < -0.4 is 10.6 Å². The smallest absolute Gasteiger partial charge is 0.237 e. The quantitative estimate of drug-likeness (QED) is 0.733. The summed E-state index contributed by atoms with van der Waals surface area (Å²) in [5, 5.41) is 16.4. The fraction of sp³-hybridized carbons (Fsp3) is 0.938. The highest BCUT2D eigenvalue weighted by atomic mass is 16.3. The summed E-state index contributed by atoms with van der Waals surface area (Å²) in [6.07, 6.45) is 7.86. The molecule has 4 nitrogen and oxygen atoms in total. The molecule has 2 saturated carbocycles. The Morgan fingerprint density at radius 1 is 1.35 bits per heavy atom. The van der Waals surface area contributed by atoms with Gasteiger partial charge in [-0.3, -0.25) is 4.79 Å². The maximum absolute atomic E-state index is 12.6. The van der Waals surface area contributed by atoms with Gasteiger partial charge in [-0.2, -0.15) is 0 Å². The third-order valence-electron chi connectivity index (χ3n) is 5.81. The highest BCUT2D eigenvalue weighted by Crippen LogP contribution is 2.38. The number of hydrogen-bond donors (Lipinski definition) is 3. The predicted molar refractivity (Wildman–Crippen MR) is 78.2 cm³/mol. The Morgan fingerprint density at radius 2 is 2.20 bits per heavy atom. The van der Waals surface area contributed by atoms with Crippen LogP contribution in [0.2, 0.25) is 0 Å². The van der Waals surface area contributed by atoms with Crippen molar-refractivity contribution in [1.82, 2.24) is 10.6 Å². The van der Waals surface area contributed by atoms with Crippen LogP contribution in [-0.2, 0) is 4.79 Å². The Labute approximate surface area is 121 Å². The van der Waals surface area contributed by atoms with E-state index in [9.17, 15) is 9.90 Å². The van der Waals surface area contributed by atoms with Gasteiger partial charge in [0.1, 0.15) is 0 Å². The van der Waals surface area contributed by atoms with Gasteiger partial charge in [-0.15, -0.1) is 0 Å². The summed E-state index contributed by atoms with van der Waals surface area (Å²) in [5.74, 6) is 1.93. The van der Waals surface area contributed by atoms with E-state index in [4.69, 9.17) is 0 Å². The number of carbonyl (C=O) groups is 1. The fourth-order valence-corrected chi connectivity index (χ4v) is 4.77. The first-order chi connectivity index (χ1) is 9.63. The van der Waals surface area contributed by atoms with E-state index in [1.807, 2.05) is 0 Å². The number of nitrogens with one attached hydrogen (secondary N) is 2. The van der Waals surface area contributed by atoms with Gasteiger partial charge < -0.3 is 15.7 Å². The zero-order valence-electron chi connectivity index (χ0n) is 12.5. The van der Waals surface area contributed by atoms with Gasteiger partial charge >= 0.3 is 0 Å². The van der Waals surface area contributed by atoms with Gasteiger partial charge in [-0.1, -0.05) is 26.2 Å². The average molecular weight is 280 g/mol. The van der Waals surface area contributed by atoms with Crippen molar-refractivity contribution in [2.45, 2.75) is 63.5 Å². The largest absolute Gasteiger partial charge is 0.394 e. The van der Waals surface area contributed by atoms with Crippen LogP contribution in [-0.4, -0.2) is 35.7 Å². The first kappa shape index (κ1) is 14.3. The third-order valence-corrected chi connectivity index (χ3v) is 5.81. The Kier molecular flexibility index (Phi) is 4.04. The van der Waals surface area contributed by atoms with Crippen LogP contribution in [0.5, 0.6) is 0 Å². The molecule has 3 aliphatic rings. The van der Waals surface area contributed by atoms with Crippen LogP contribution in [0.4, 0.5) is 0 Å². The molecule has 1 saturated heterocycles. The second-order valence-electron chi connectivity index (χ2n) is 7.37. The molecule has 1 amide bonds. The van der Waals surface area contributed by atoms with Crippen molar-refractivity contribution >= 4 is 5.91 Å². The molecule has 0 radical (unpaired) electrons. The molecule has 5 atom stereocenters. The van der Waals surface area contributed by atoms with E-state index in [0.29, 0.717) is 17.8 Å². The van der Waals surface area contributed by atoms with Crippen LogP contribution in [0.25, 0.3) is 0 Å². The molecular formula is C16H28N2O2. The molecule has 3 N–H and O–H groups in total. The lowest BCUT2D eigenvalue weighted by atomic mass is 9.76. The zero-order chi connectivity index (χ0) is 14.2. The third kappa shape index (κ3) is 2.60. The van der Waals surface area contributed by atoms with Crippen molar-refractivity contribution in [2.24, 2.45) is 17.8 Å². The summed E-state index contributed by atoms with van der Waals surface area (Å²) < 4.78 is 0. The molecule has 114 valence electrons. The van der Waals surface area contributed by atoms with Gasteiger partial charge in [0, 0.05) is 0 Å². The minimum atomic E-state index is -0.368. The summed E-state index contributed by atoms with van der Waals surface area (Å²) in [6, 6.07) is -0.0249. The summed E-state index contributed by atoms with van der Waals surface area (Å²) in [6.45, 7) is 3.28. The van der Waals surface area contributed by atoms with Crippen molar-refractivity contribution in [1.29, 1.82) is 0 Å². The van der Waals surface area contributed by atoms with Gasteiger partial charge in [0.25, 0.3) is 0 Å². The molecule has 1 aliphatic heterocycles. The van der Waals surface area contributed by atoms with E-state index in [2.05, 4.69) is 17.6 Å². The normalized spacial score (nSPS) is 44.3. The van der Waals surface area contributed by atoms with E-state index < -0.39 is 0 Å². The van der Waals surface area contributed by atoms with Crippen molar-refractivity contribution in [3.8, 4) is 0 Å². The molecule has 0 aromatic carbocycles. The number of carbonyl (C=O) groups excluding carboxylic acids is 1. The number of hydrogen-bond acceptors (Lipinski definition) is 3. The fourth-order valence-electron chi connectivity index (χ4n) is 4.77. The Balaban J connectivity index is 1.65. The number of amides is 1. The lowest BCUT2D eigenvalue weighted by Crippen LogP contribution is -2.58. The summed E-state index contributed by atoms with van der Waals surface area (Å²) in [5.41, 5.74) is -0.368. The van der Waals surface area contributed by atoms with E-state index in [0.717, 1.165) is 25.8 Å². The molecule has 0 spiro atoms. The molecule has 3 fully saturated rings. The zero-order valence-corrected chi connectivity index (χ0v) is 12.5. The second-order valence-corrected chi connectivity index (χ2v) is 7.37. The van der Waals surface area contributed by atoms with Crippen molar-refractivity contribution < 1.29 is 9.90 Å². The molecule has 0 aromatic heterocycles. The topological polar surface area (TPSA) is 61.4 Å². The number of aliphatic hydroxyl groups excluding tert-OH is 1. The lowest BCUT2D eigenvalue weighted by Gasteiger charge is -2.40. The van der Waals surface area contributed by atoms with Crippen LogP contribution in [0.3, 0.4) is 0 Å². The van der Waals surface area contributed by atoms with Crippen molar-refractivity contribution in [2.75, 3.05) is 13.2 Å². The molecule has 5 unspecified atom stereocenters. The van der Waals surface area contributed by atoms with E-state index >= 15 is 0 Å². The van der Waals surface area contributed by atoms with Crippen molar-refractivity contribution in [3.05, 3.63) is 0 Å². The van der Waals surface area contributed by atoms with Gasteiger partial charge in [0.05, 0.1) is 18.2 Å². The van der Waals surface area contributed by atoms with E-state index in [-0.39, 0.29) is 24.1 Å². The summed E-state index contributed by atoms with van der Waals surface area (Å²) >= 11 is 0. The maximum Gasteiger partial charge on any atom is 0.237 e. The van der Waals surface area contributed by atoms with Crippen LogP contribution in [0.15, 0.2) is 0 Å². The molecule has 0 bridgehead atoms. The predicted octanol–water partition coefficient (Wildman–Crippen LogP) is 1.43. The van der Waals surface area contributed by atoms with Gasteiger partial charge in [-0.25, -0.2) is 0 Å². The lowest BCUT2D eigenvalue weighted by molar-refractivity contribution is -0.127. The van der Waals surface area contributed by atoms with Crippen LogP contribution >= 0.6 is 0 Å². The molecule has 2 aliphatic carbocycles. The standard InChI is InChI=1S/C16H28N2O2/c1-11-4-3-7-16(8-11,10-19)18-15(20)14-13-6-2-5-12(13)9-17-14/h11-14,17,19H,2-10H2,1H3,(H,18,20). The Bertz CT molecular complexity index is 373. The summed E-state index contributed by atoms with van der Waals surface area (Å²) in [4.78, 5) is 12.6. The molecule has 20 heavy (non-hydrogen) atoms. The summed E-state index contributed by atoms with van der Waals surface area (Å²) in [7, 11) is 0. The molecule has 0 aromatic rings. The first-order valence-electron chi connectivity index (χ1n) is 8.30. The number of aliphatic hydroxyl groups is 1. The molecule has 4 heteroatoms. The van der Waals surface area contributed by atoms with Crippen LogP contribution in [0, 0.1) is 17.8 Å². The Hall–Kier alpha value is -0.610.